The molecule has 0 saturated carbocycles. The fraction of sp³-hybridized carbons (Fsp3) is 0.0769. The Morgan fingerprint density at radius 2 is 1.69 bits per heavy atom. The predicted molar refractivity (Wildman–Crippen MR) is 61.4 cm³/mol. The van der Waals surface area contributed by atoms with Gasteiger partial charge in [-0.15, -0.1) is 0 Å². The van der Waals surface area contributed by atoms with E-state index in [-0.39, 0.29) is 6.61 Å². The molecule has 0 fully saturated rings. The van der Waals surface area contributed by atoms with Crippen molar-refractivity contribution in [2.75, 3.05) is 6.61 Å². The fourth-order valence-electron chi connectivity index (χ4n) is 1.34. The van der Waals surface area contributed by atoms with Crippen LogP contribution in [0.25, 0.3) is 11.1 Å². The fourth-order valence-corrected chi connectivity index (χ4v) is 1.34. The maximum absolute atomic E-state index is 8.57. The molecule has 0 bridgehead atoms. The Kier molecular flexibility index (Phi) is 3.27. The molecule has 3 heteroatoms. The van der Waals surface area contributed by atoms with E-state index in [0.29, 0.717) is 0 Å². The molecule has 0 radical (unpaired) electrons. The smallest absolute Gasteiger partial charge is 0.115 e. The van der Waals surface area contributed by atoms with E-state index >= 15 is 0 Å². The maximum atomic E-state index is 8.57. The minimum Gasteiger partial charge on any atom is -0.384 e. The molecule has 2 rings (SSSR count). The van der Waals surface area contributed by atoms with Gasteiger partial charge >= 0.3 is 0 Å². The van der Waals surface area contributed by atoms with Crippen LogP contribution >= 0.6 is 0 Å². The molecule has 0 unspecified atom stereocenters. The molecule has 16 heavy (non-hydrogen) atoms. The van der Waals surface area contributed by atoms with Crippen LogP contribution < -0.4 is 0 Å². The van der Waals surface area contributed by atoms with E-state index in [9.17, 15) is 0 Å². The summed E-state index contributed by atoms with van der Waals surface area (Å²) in [5.41, 5.74) is 2.91. The second-order valence-electron chi connectivity index (χ2n) is 3.16. The highest BCUT2D eigenvalue weighted by Crippen LogP contribution is 2.16. The number of rotatable bonds is 1. The van der Waals surface area contributed by atoms with Gasteiger partial charge in [0.15, 0.2) is 0 Å². The van der Waals surface area contributed by atoms with Crippen LogP contribution in [0.15, 0.2) is 43.0 Å². The molecule has 0 aliphatic carbocycles. The Bertz CT molecular complexity index is 509. The molecule has 1 heterocycles. The van der Waals surface area contributed by atoms with Gasteiger partial charge in [0.2, 0.25) is 0 Å². The minimum absolute atomic E-state index is 0.117. The normalized spacial score (nSPS) is 9.31. The van der Waals surface area contributed by atoms with Gasteiger partial charge in [-0.1, -0.05) is 24.0 Å². The lowest BCUT2D eigenvalue weighted by Gasteiger charge is -1.99. The van der Waals surface area contributed by atoms with Gasteiger partial charge in [-0.3, -0.25) is 0 Å². The van der Waals surface area contributed by atoms with E-state index in [0.717, 1.165) is 16.7 Å². The number of benzene rings is 1. The summed E-state index contributed by atoms with van der Waals surface area (Å²) in [7, 11) is 0. The van der Waals surface area contributed by atoms with Crippen LogP contribution in [0.2, 0.25) is 0 Å². The highest BCUT2D eigenvalue weighted by Gasteiger charge is 1.96. The lowest BCUT2D eigenvalue weighted by molar-refractivity contribution is 0.350. The average molecular weight is 210 g/mol. The van der Waals surface area contributed by atoms with Crippen molar-refractivity contribution in [1.82, 2.24) is 9.97 Å². The number of aliphatic hydroxyl groups excluding tert-OH is 1. The largest absolute Gasteiger partial charge is 0.384 e. The molecule has 1 N–H and O–H groups in total. The van der Waals surface area contributed by atoms with Crippen LogP contribution in [0.1, 0.15) is 5.56 Å². The number of nitrogens with zero attached hydrogens (tertiary/aromatic N) is 2. The van der Waals surface area contributed by atoms with E-state index in [1.54, 1.807) is 12.4 Å². The van der Waals surface area contributed by atoms with Crippen molar-refractivity contribution in [3.05, 3.63) is 48.5 Å². The van der Waals surface area contributed by atoms with Crippen LogP contribution in [-0.4, -0.2) is 21.7 Å². The van der Waals surface area contributed by atoms with E-state index < -0.39 is 0 Å². The van der Waals surface area contributed by atoms with Crippen molar-refractivity contribution in [1.29, 1.82) is 0 Å². The van der Waals surface area contributed by atoms with Crippen LogP contribution in [-0.2, 0) is 0 Å². The predicted octanol–water partition coefficient (Wildman–Crippen LogP) is 1.49. The zero-order valence-electron chi connectivity index (χ0n) is 8.59. The second-order valence-corrected chi connectivity index (χ2v) is 3.16. The third-order valence-electron chi connectivity index (χ3n) is 2.09. The molecular weight excluding hydrogens is 200 g/mol. The van der Waals surface area contributed by atoms with E-state index in [4.69, 9.17) is 5.11 Å². The summed E-state index contributed by atoms with van der Waals surface area (Å²) < 4.78 is 0. The third kappa shape index (κ3) is 2.44. The van der Waals surface area contributed by atoms with Gasteiger partial charge in [0, 0.05) is 23.5 Å². The molecule has 2 aromatic rings. The highest BCUT2D eigenvalue weighted by atomic mass is 16.2. The van der Waals surface area contributed by atoms with Crippen LogP contribution in [0.3, 0.4) is 0 Å². The monoisotopic (exact) mass is 210 g/mol. The Balaban J connectivity index is 2.26. The Morgan fingerprint density at radius 3 is 2.31 bits per heavy atom. The average Bonchev–Trinajstić information content (AvgIpc) is 2.38. The molecule has 1 aromatic carbocycles. The third-order valence-corrected chi connectivity index (χ3v) is 2.09. The van der Waals surface area contributed by atoms with Gasteiger partial charge in [0.1, 0.15) is 12.9 Å². The standard InChI is InChI=1S/C13H10N2O/c16-7-1-2-11-3-5-12(6-4-11)13-8-14-10-15-9-13/h3-6,8-10,16H,7H2. The van der Waals surface area contributed by atoms with Crippen molar-refractivity contribution >= 4 is 0 Å². The quantitative estimate of drug-likeness (QED) is 0.725. The van der Waals surface area contributed by atoms with Crippen molar-refractivity contribution in [3.63, 3.8) is 0 Å². The molecule has 0 saturated heterocycles. The summed E-state index contributed by atoms with van der Waals surface area (Å²) >= 11 is 0. The van der Waals surface area contributed by atoms with E-state index in [1.807, 2.05) is 24.3 Å². The lowest BCUT2D eigenvalue weighted by atomic mass is 10.1. The molecule has 0 aliphatic heterocycles. The van der Waals surface area contributed by atoms with Gasteiger partial charge in [-0.25, -0.2) is 9.97 Å². The van der Waals surface area contributed by atoms with Crippen molar-refractivity contribution in [2.45, 2.75) is 0 Å². The number of hydrogen-bond donors (Lipinski definition) is 1. The number of aromatic nitrogens is 2. The molecular formula is C13H10N2O. The Labute approximate surface area is 93.8 Å². The topological polar surface area (TPSA) is 46.0 Å². The molecule has 0 amide bonds. The van der Waals surface area contributed by atoms with Gasteiger partial charge in [0.25, 0.3) is 0 Å². The summed E-state index contributed by atoms with van der Waals surface area (Å²) in [6, 6.07) is 7.73. The SMILES string of the molecule is OCC#Cc1ccc(-c2cncnc2)cc1. The first-order valence-electron chi connectivity index (χ1n) is 4.85. The van der Waals surface area contributed by atoms with E-state index in [1.165, 1.54) is 6.33 Å². The van der Waals surface area contributed by atoms with Gasteiger partial charge in [0.05, 0.1) is 0 Å². The van der Waals surface area contributed by atoms with Crippen LogP contribution in [0.4, 0.5) is 0 Å². The Morgan fingerprint density at radius 1 is 1.00 bits per heavy atom. The summed E-state index contributed by atoms with van der Waals surface area (Å²) in [4.78, 5) is 7.92. The number of aliphatic hydroxyl groups is 1. The van der Waals surface area contributed by atoms with E-state index in [2.05, 4.69) is 21.8 Å². The first-order chi connectivity index (χ1) is 7.90. The molecule has 0 aliphatic rings. The summed E-state index contributed by atoms with van der Waals surface area (Å²) in [6.45, 7) is -0.117. The summed E-state index contributed by atoms with van der Waals surface area (Å²) in [5.74, 6) is 5.45. The second kappa shape index (κ2) is 5.06. The summed E-state index contributed by atoms with van der Waals surface area (Å²) in [5, 5.41) is 8.57. The Hall–Kier alpha value is -2.18. The molecule has 78 valence electrons. The minimum atomic E-state index is -0.117. The van der Waals surface area contributed by atoms with Crippen LogP contribution in [0, 0.1) is 11.8 Å². The molecule has 3 nitrogen and oxygen atoms in total. The van der Waals surface area contributed by atoms with Crippen molar-refractivity contribution in [3.8, 4) is 23.0 Å². The van der Waals surface area contributed by atoms with Gasteiger partial charge < -0.3 is 5.11 Å². The van der Waals surface area contributed by atoms with Crippen molar-refractivity contribution in [2.24, 2.45) is 0 Å². The summed E-state index contributed by atoms with van der Waals surface area (Å²) in [6.07, 6.45) is 5.04. The van der Waals surface area contributed by atoms with Gasteiger partial charge in [-0.2, -0.15) is 0 Å². The lowest BCUT2D eigenvalue weighted by Crippen LogP contribution is -1.82. The maximum Gasteiger partial charge on any atom is 0.115 e. The van der Waals surface area contributed by atoms with Crippen LogP contribution in [0.5, 0.6) is 0 Å². The molecule has 0 spiro atoms. The first-order valence-corrected chi connectivity index (χ1v) is 4.85. The first kappa shape index (κ1) is 10.3. The highest BCUT2D eigenvalue weighted by molar-refractivity contribution is 5.62. The van der Waals surface area contributed by atoms with Gasteiger partial charge in [-0.05, 0) is 17.7 Å². The zero-order chi connectivity index (χ0) is 11.2. The molecule has 1 aromatic heterocycles. The number of hydrogen-bond acceptors (Lipinski definition) is 3. The van der Waals surface area contributed by atoms with Crippen molar-refractivity contribution < 1.29 is 5.11 Å². The zero-order valence-corrected chi connectivity index (χ0v) is 8.59. The molecule has 0 atom stereocenters.